The molecule has 18 heavy (non-hydrogen) atoms. The van der Waals surface area contributed by atoms with Crippen LogP contribution >= 0.6 is 0 Å². The summed E-state index contributed by atoms with van der Waals surface area (Å²) in [7, 11) is 3.24. The third-order valence-corrected chi connectivity index (χ3v) is 3.53. The second-order valence-electron chi connectivity index (χ2n) is 4.76. The lowest BCUT2D eigenvalue weighted by molar-refractivity contribution is -0.127. The van der Waals surface area contributed by atoms with E-state index in [0.717, 1.165) is 11.3 Å². The summed E-state index contributed by atoms with van der Waals surface area (Å²) >= 11 is 0. The zero-order chi connectivity index (χ0) is 13.5. The van der Waals surface area contributed by atoms with E-state index in [1.54, 1.807) is 39.3 Å². The highest BCUT2D eigenvalue weighted by Gasteiger charge is 2.47. The Bertz CT molecular complexity index is 486. The monoisotopic (exact) mass is 251 g/mol. The number of carbonyl (C=O) groups excluding carboxylic acids is 1. The van der Waals surface area contributed by atoms with E-state index in [4.69, 9.17) is 4.74 Å². The van der Waals surface area contributed by atoms with Gasteiger partial charge >= 0.3 is 0 Å². The maximum absolute atomic E-state index is 12.3. The second kappa shape index (κ2) is 4.26. The van der Waals surface area contributed by atoms with Gasteiger partial charge in [-0.3, -0.25) is 4.79 Å². The Morgan fingerprint density at radius 2 is 2.11 bits per heavy atom. The van der Waals surface area contributed by atoms with Crippen molar-refractivity contribution >= 4 is 11.6 Å². The highest BCUT2D eigenvalue weighted by atomic mass is 16.5. The first-order valence-electron chi connectivity index (χ1n) is 5.73. The number of methoxy groups -OCH3 is 1. The molecule has 1 aromatic rings. The van der Waals surface area contributed by atoms with Crippen LogP contribution in [0.5, 0.6) is 5.75 Å². The van der Waals surface area contributed by atoms with E-state index in [2.05, 4.69) is 0 Å². The average Bonchev–Trinajstić information content (AvgIpc) is 2.51. The highest BCUT2D eigenvalue weighted by molar-refractivity contribution is 6.07. The number of carbonyl (C=O) groups is 1. The largest absolute Gasteiger partial charge is 0.497 e. The number of hydrogen-bond donors (Lipinski definition) is 2. The Labute approximate surface area is 106 Å². The second-order valence-corrected chi connectivity index (χ2v) is 4.76. The summed E-state index contributed by atoms with van der Waals surface area (Å²) in [4.78, 5) is 13.8. The number of fused-ring (bicyclic) bond motifs is 1. The molecule has 0 aliphatic carbocycles. The Hall–Kier alpha value is -1.59. The summed E-state index contributed by atoms with van der Waals surface area (Å²) in [5.74, 6) is 0.509. The molecule has 5 nitrogen and oxygen atoms in total. The Kier molecular flexibility index (Phi) is 3.04. The van der Waals surface area contributed by atoms with E-state index in [9.17, 15) is 15.0 Å². The summed E-state index contributed by atoms with van der Waals surface area (Å²) in [6, 6.07) is 5.36. The van der Waals surface area contributed by atoms with Crippen molar-refractivity contribution < 1.29 is 19.7 Å². The molecule has 1 amide bonds. The van der Waals surface area contributed by atoms with Crippen LogP contribution in [0, 0.1) is 0 Å². The van der Waals surface area contributed by atoms with Crippen molar-refractivity contribution in [3.05, 3.63) is 23.8 Å². The third kappa shape index (κ3) is 1.76. The fourth-order valence-electron chi connectivity index (χ4n) is 2.53. The normalized spacial score (nSPS) is 22.6. The first-order valence-corrected chi connectivity index (χ1v) is 5.73. The number of nitrogens with zero attached hydrogens (tertiary/aromatic N) is 1. The number of rotatable bonds is 3. The third-order valence-electron chi connectivity index (χ3n) is 3.53. The summed E-state index contributed by atoms with van der Waals surface area (Å²) in [5, 5.41) is 18.4. The van der Waals surface area contributed by atoms with Gasteiger partial charge in [-0.25, -0.2) is 0 Å². The van der Waals surface area contributed by atoms with Gasteiger partial charge in [-0.1, -0.05) is 0 Å². The van der Waals surface area contributed by atoms with E-state index < -0.39 is 11.7 Å². The molecule has 1 unspecified atom stereocenters. The number of amides is 1. The van der Waals surface area contributed by atoms with Gasteiger partial charge in [0.1, 0.15) is 5.75 Å². The topological polar surface area (TPSA) is 70.0 Å². The fraction of sp³-hybridized carbons (Fsp3) is 0.462. The summed E-state index contributed by atoms with van der Waals surface area (Å²) < 4.78 is 5.15. The zero-order valence-corrected chi connectivity index (χ0v) is 10.7. The van der Waals surface area contributed by atoms with E-state index in [1.165, 1.54) is 4.90 Å². The number of likely N-dealkylation sites (N-methyl/N-ethyl adjacent to an activating group) is 1. The van der Waals surface area contributed by atoms with Crippen molar-refractivity contribution in [2.45, 2.75) is 25.0 Å². The van der Waals surface area contributed by atoms with Gasteiger partial charge in [0.2, 0.25) is 5.91 Å². The molecule has 0 spiro atoms. The standard InChI is InChI=1S/C13H17NO4/c1-13(7-11(15)16)9-6-8(18-3)4-5-10(9)14(2)12(13)17/h4-6,11,15-16H,7H2,1-3H3. The van der Waals surface area contributed by atoms with Crippen LogP contribution < -0.4 is 9.64 Å². The van der Waals surface area contributed by atoms with Crippen LogP contribution in [-0.2, 0) is 10.2 Å². The van der Waals surface area contributed by atoms with Crippen LogP contribution in [-0.4, -0.2) is 36.6 Å². The lowest BCUT2D eigenvalue weighted by atomic mass is 9.80. The van der Waals surface area contributed by atoms with Crippen molar-refractivity contribution in [1.29, 1.82) is 0 Å². The molecule has 1 aliphatic rings. The van der Waals surface area contributed by atoms with Crippen molar-refractivity contribution in [2.24, 2.45) is 0 Å². The lowest BCUT2D eigenvalue weighted by Crippen LogP contribution is -2.38. The Balaban J connectivity index is 2.55. The lowest BCUT2D eigenvalue weighted by Gasteiger charge is -2.24. The van der Waals surface area contributed by atoms with Crippen molar-refractivity contribution in [3.8, 4) is 5.75 Å². The molecule has 5 heteroatoms. The van der Waals surface area contributed by atoms with Gasteiger partial charge in [-0.2, -0.15) is 0 Å². The molecule has 0 fully saturated rings. The van der Waals surface area contributed by atoms with Crippen molar-refractivity contribution in [3.63, 3.8) is 0 Å². The molecule has 1 atom stereocenters. The number of ether oxygens (including phenoxy) is 1. The zero-order valence-electron chi connectivity index (χ0n) is 10.7. The minimum Gasteiger partial charge on any atom is -0.497 e. The summed E-state index contributed by atoms with van der Waals surface area (Å²) in [6.07, 6.45) is -1.56. The molecule has 0 saturated heterocycles. The average molecular weight is 251 g/mol. The maximum Gasteiger partial charge on any atom is 0.237 e. The summed E-state index contributed by atoms with van der Waals surface area (Å²) in [6.45, 7) is 1.72. The molecule has 0 bridgehead atoms. The van der Waals surface area contributed by atoms with Crippen LogP contribution in [0.4, 0.5) is 5.69 Å². The van der Waals surface area contributed by atoms with E-state index in [-0.39, 0.29) is 12.3 Å². The van der Waals surface area contributed by atoms with Crippen LogP contribution in [0.25, 0.3) is 0 Å². The van der Waals surface area contributed by atoms with Gasteiger partial charge in [-0.05, 0) is 30.7 Å². The van der Waals surface area contributed by atoms with Crippen molar-refractivity contribution in [1.82, 2.24) is 0 Å². The molecule has 1 aromatic carbocycles. The Morgan fingerprint density at radius 3 is 2.67 bits per heavy atom. The number of hydrogen-bond acceptors (Lipinski definition) is 4. The van der Waals surface area contributed by atoms with Crippen LogP contribution in [0.3, 0.4) is 0 Å². The van der Waals surface area contributed by atoms with Gasteiger partial charge in [0.05, 0.1) is 12.5 Å². The van der Waals surface area contributed by atoms with Crippen LogP contribution in [0.2, 0.25) is 0 Å². The SMILES string of the molecule is COc1ccc2c(c1)C(C)(CC(O)O)C(=O)N2C. The molecular weight excluding hydrogens is 234 g/mol. The van der Waals surface area contributed by atoms with Gasteiger partial charge in [0.25, 0.3) is 0 Å². The van der Waals surface area contributed by atoms with E-state index in [1.807, 2.05) is 0 Å². The molecule has 98 valence electrons. The van der Waals surface area contributed by atoms with E-state index in [0.29, 0.717) is 5.75 Å². The maximum atomic E-state index is 12.3. The van der Waals surface area contributed by atoms with E-state index >= 15 is 0 Å². The number of anilines is 1. The fourth-order valence-corrected chi connectivity index (χ4v) is 2.53. The smallest absolute Gasteiger partial charge is 0.237 e. The number of aliphatic hydroxyl groups excluding tert-OH is 1. The Morgan fingerprint density at radius 1 is 1.44 bits per heavy atom. The van der Waals surface area contributed by atoms with Gasteiger partial charge < -0.3 is 19.8 Å². The predicted molar refractivity (Wildman–Crippen MR) is 66.6 cm³/mol. The first-order chi connectivity index (χ1) is 8.40. The molecule has 0 aromatic heterocycles. The van der Waals surface area contributed by atoms with Crippen molar-refractivity contribution in [2.75, 3.05) is 19.1 Å². The van der Waals surface area contributed by atoms with Gasteiger partial charge in [-0.15, -0.1) is 0 Å². The van der Waals surface area contributed by atoms with Crippen LogP contribution in [0.15, 0.2) is 18.2 Å². The van der Waals surface area contributed by atoms with Gasteiger partial charge in [0.15, 0.2) is 6.29 Å². The summed E-state index contributed by atoms with van der Waals surface area (Å²) in [5.41, 5.74) is 0.624. The minimum absolute atomic E-state index is 0.0314. The minimum atomic E-state index is -1.52. The molecule has 0 saturated carbocycles. The molecular formula is C13H17NO4. The molecule has 1 aliphatic heterocycles. The number of benzene rings is 1. The van der Waals surface area contributed by atoms with Gasteiger partial charge in [0, 0.05) is 19.2 Å². The predicted octanol–water partition coefficient (Wildman–Crippen LogP) is 0.630. The molecule has 1 heterocycles. The number of aliphatic hydroxyl groups is 2. The molecule has 2 N–H and O–H groups in total. The molecule has 0 radical (unpaired) electrons. The highest BCUT2D eigenvalue weighted by Crippen LogP contribution is 2.45. The quantitative estimate of drug-likeness (QED) is 0.773. The first kappa shape index (κ1) is 12.9. The van der Waals surface area contributed by atoms with Crippen LogP contribution in [0.1, 0.15) is 18.9 Å². The molecule has 2 rings (SSSR count).